The summed E-state index contributed by atoms with van der Waals surface area (Å²) in [7, 11) is 0. The van der Waals surface area contributed by atoms with Gasteiger partial charge in [0.05, 0.1) is 6.20 Å². The molecule has 1 N–H and O–H groups in total. The molecule has 0 unspecified atom stereocenters. The van der Waals surface area contributed by atoms with Crippen LogP contribution in [0, 0.1) is 0 Å². The second kappa shape index (κ2) is 2.84. The van der Waals surface area contributed by atoms with Crippen LogP contribution in [-0.4, -0.2) is 23.1 Å². The topological polar surface area (TPSA) is 41.1 Å². The van der Waals surface area contributed by atoms with E-state index in [1.165, 1.54) is 6.42 Å². The van der Waals surface area contributed by atoms with E-state index in [2.05, 4.69) is 15.4 Å². The van der Waals surface area contributed by atoms with Crippen LogP contribution in [-0.2, 0) is 0 Å². The summed E-state index contributed by atoms with van der Waals surface area (Å²) in [4.78, 5) is 8.15. The van der Waals surface area contributed by atoms with Crippen molar-refractivity contribution in [2.45, 2.75) is 6.42 Å². The number of hydrazine groups is 1. The quantitative estimate of drug-likeness (QED) is 0.620. The van der Waals surface area contributed by atoms with Gasteiger partial charge in [-0.1, -0.05) is 0 Å². The summed E-state index contributed by atoms with van der Waals surface area (Å²) < 4.78 is 0. The van der Waals surface area contributed by atoms with Gasteiger partial charge in [-0.25, -0.2) is 10.4 Å². The Kier molecular flexibility index (Phi) is 1.69. The molecule has 1 aromatic heterocycles. The van der Waals surface area contributed by atoms with Crippen molar-refractivity contribution < 1.29 is 0 Å². The molecule has 0 aliphatic carbocycles. The lowest BCUT2D eigenvalue weighted by atomic mass is 10.5. The fraction of sp³-hybridized carbons (Fsp3) is 0.429. The highest BCUT2D eigenvalue weighted by Gasteiger charge is 2.11. The Balaban J connectivity index is 2.16. The standard InChI is InChI=1S/C7H10N4/c1-2-10-11(5-1)7-6-8-3-4-9-7/h3-4,6,10H,1-2,5H2. The molecular weight excluding hydrogens is 140 g/mol. The Morgan fingerprint density at radius 2 is 2.45 bits per heavy atom. The van der Waals surface area contributed by atoms with Crippen molar-refractivity contribution in [2.75, 3.05) is 18.1 Å². The minimum absolute atomic E-state index is 0.907. The first-order valence-corrected chi connectivity index (χ1v) is 3.74. The van der Waals surface area contributed by atoms with E-state index < -0.39 is 0 Å². The Bertz CT molecular complexity index is 217. The maximum atomic E-state index is 4.16. The van der Waals surface area contributed by atoms with Crippen LogP contribution in [0.2, 0.25) is 0 Å². The molecule has 1 saturated heterocycles. The summed E-state index contributed by atoms with van der Waals surface area (Å²) in [6.07, 6.45) is 6.32. The van der Waals surface area contributed by atoms with E-state index in [0.29, 0.717) is 0 Å². The van der Waals surface area contributed by atoms with E-state index in [1.54, 1.807) is 18.6 Å². The third kappa shape index (κ3) is 1.30. The molecule has 0 amide bonds. The number of nitrogens with one attached hydrogen (secondary N) is 1. The maximum Gasteiger partial charge on any atom is 0.161 e. The van der Waals surface area contributed by atoms with E-state index in [4.69, 9.17) is 0 Å². The van der Waals surface area contributed by atoms with Crippen molar-refractivity contribution in [3.63, 3.8) is 0 Å². The molecule has 1 aliphatic rings. The SMILES string of the molecule is c1cnc(N2CCCN2)cn1. The molecule has 0 aromatic carbocycles. The molecule has 11 heavy (non-hydrogen) atoms. The zero-order valence-electron chi connectivity index (χ0n) is 6.20. The molecule has 4 nitrogen and oxygen atoms in total. The molecule has 4 heteroatoms. The van der Waals surface area contributed by atoms with Crippen LogP contribution in [0.25, 0.3) is 0 Å². The summed E-state index contributed by atoms with van der Waals surface area (Å²) >= 11 is 0. The Hall–Kier alpha value is -1.16. The van der Waals surface area contributed by atoms with Gasteiger partial charge in [-0.3, -0.25) is 9.99 Å². The molecule has 1 fully saturated rings. The average molecular weight is 150 g/mol. The van der Waals surface area contributed by atoms with E-state index >= 15 is 0 Å². The molecular formula is C7H10N4. The van der Waals surface area contributed by atoms with Gasteiger partial charge in [-0.05, 0) is 6.42 Å². The fourth-order valence-corrected chi connectivity index (χ4v) is 1.16. The van der Waals surface area contributed by atoms with E-state index in [0.717, 1.165) is 18.9 Å². The number of nitrogens with zero attached hydrogens (tertiary/aromatic N) is 3. The smallest absolute Gasteiger partial charge is 0.161 e. The number of rotatable bonds is 1. The highest BCUT2D eigenvalue weighted by molar-refractivity contribution is 5.33. The second-order valence-corrected chi connectivity index (χ2v) is 2.48. The number of hydrogen-bond acceptors (Lipinski definition) is 4. The predicted molar refractivity (Wildman–Crippen MR) is 42.0 cm³/mol. The zero-order valence-corrected chi connectivity index (χ0v) is 6.20. The first kappa shape index (κ1) is 6.54. The van der Waals surface area contributed by atoms with Gasteiger partial charge in [0.15, 0.2) is 5.82 Å². The largest absolute Gasteiger partial charge is 0.291 e. The van der Waals surface area contributed by atoms with Gasteiger partial charge in [-0.2, -0.15) is 0 Å². The Morgan fingerprint density at radius 3 is 3.09 bits per heavy atom. The molecule has 2 rings (SSSR count). The Labute approximate surface area is 65.2 Å². The molecule has 2 heterocycles. The third-order valence-electron chi connectivity index (χ3n) is 1.69. The summed E-state index contributed by atoms with van der Waals surface area (Å²) in [5.41, 5.74) is 3.20. The van der Waals surface area contributed by atoms with Gasteiger partial charge in [-0.15, -0.1) is 0 Å². The van der Waals surface area contributed by atoms with Crippen molar-refractivity contribution in [1.82, 2.24) is 15.4 Å². The van der Waals surface area contributed by atoms with Crippen LogP contribution >= 0.6 is 0 Å². The molecule has 0 spiro atoms. The first-order chi connectivity index (χ1) is 5.47. The molecule has 1 aromatic rings. The van der Waals surface area contributed by atoms with Crippen LogP contribution in [0.3, 0.4) is 0 Å². The minimum Gasteiger partial charge on any atom is -0.291 e. The minimum atomic E-state index is 0.907. The van der Waals surface area contributed by atoms with Crippen LogP contribution in [0.15, 0.2) is 18.6 Å². The van der Waals surface area contributed by atoms with Crippen LogP contribution < -0.4 is 10.4 Å². The summed E-state index contributed by atoms with van der Waals surface area (Å²) in [6, 6.07) is 0. The van der Waals surface area contributed by atoms with E-state index in [1.807, 2.05) is 5.01 Å². The van der Waals surface area contributed by atoms with Crippen molar-refractivity contribution in [1.29, 1.82) is 0 Å². The number of aromatic nitrogens is 2. The van der Waals surface area contributed by atoms with E-state index in [-0.39, 0.29) is 0 Å². The van der Waals surface area contributed by atoms with Gasteiger partial charge in [0.1, 0.15) is 0 Å². The lowest BCUT2D eigenvalue weighted by molar-refractivity contribution is 0.770. The zero-order chi connectivity index (χ0) is 7.52. The van der Waals surface area contributed by atoms with Crippen LogP contribution in [0.1, 0.15) is 6.42 Å². The Morgan fingerprint density at radius 1 is 1.45 bits per heavy atom. The highest BCUT2D eigenvalue weighted by atomic mass is 15.5. The van der Waals surface area contributed by atoms with Crippen LogP contribution in [0.5, 0.6) is 0 Å². The van der Waals surface area contributed by atoms with Gasteiger partial charge in [0, 0.05) is 25.5 Å². The van der Waals surface area contributed by atoms with Gasteiger partial charge in [0.25, 0.3) is 0 Å². The average Bonchev–Trinajstić information content (AvgIpc) is 2.58. The predicted octanol–water partition coefficient (Wildman–Crippen LogP) is 0.191. The molecule has 0 saturated carbocycles. The highest BCUT2D eigenvalue weighted by Crippen LogP contribution is 2.08. The fourth-order valence-electron chi connectivity index (χ4n) is 1.16. The third-order valence-corrected chi connectivity index (χ3v) is 1.69. The normalized spacial score (nSPS) is 17.3. The molecule has 0 bridgehead atoms. The van der Waals surface area contributed by atoms with Crippen molar-refractivity contribution >= 4 is 5.82 Å². The number of hydrogen-bond donors (Lipinski definition) is 1. The van der Waals surface area contributed by atoms with Crippen molar-refractivity contribution in [3.8, 4) is 0 Å². The summed E-state index contributed by atoms with van der Waals surface area (Å²) in [6.45, 7) is 2.06. The first-order valence-electron chi connectivity index (χ1n) is 3.74. The van der Waals surface area contributed by atoms with Gasteiger partial charge < -0.3 is 0 Å². The molecule has 0 radical (unpaired) electrons. The monoisotopic (exact) mass is 150 g/mol. The number of anilines is 1. The van der Waals surface area contributed by atoms with E-state index in [9.17, 15) is 0 Å². The molecule has 1 aliphatic heterocycles. The molecule has 0 atom stereocenters. The van der Waals surface area contributed by atoms with Crippen molar-refractivity contribution in [2.24, 2.45) is 0 Å². The van der Waals surface area contributed by atoms with Crippen LogP contribution in [0.4, 0.5) is 5.82 Å². The molecule has 58 valence electrons. The van der Waals surface area contributed by atoms with Gasteiger partial charge >= 0.3 is 0 Å². The maximum absolute atomic E-state index is 4.16. The lowest BCUT2D eigenvalue weighted by Crippen LogP contribution is -2.31. The summed E-state index contributed by atoms with van der Waals surface area (Å²) in [5.74, 6) is 0.907. The van der Waals surface area contributed by atoms with Crippen molar-refractivity contribution in [3.05, 3.63) is 18.6 Å². The summed E-state index contributed by atoms with van der Waals surface area (Å²) in [5, 5.41) is 2.02. The van der Waals surface area contributed by atoms with Gasteiger partial charge in [0.2, 0.25) is 0 Å². The second-order valence-electron chi connectivity index (χ2n) is 2.48. The lowest BCUT2D eigenvalue weighted by Gasteiger charge is -2.14.